The summed E-state index contributed by atoms with van der Waals surface area (Å²) in [5.74, 6) is -0.482. The second kappa shape index (κ2) is 4.60. The summed E-state index contributed by atoms with van der Waals surface area (Å²) in [7, 11) is 0. The average molecular weight is 320 g/mol. The first-order valence-electron chi connectivity index (χ1n) is 6.38. The van der Waals surface area contributed by atoms with E-state index in [1.807, 2.05) is 37.3 Å². The van der Waals surface area contributed by atoms with Crippen molar-refractivity contribution in [3.05, 3.63) is 40.4 Å². The van der Waals surface area contributed by atoms with Crippen molar-refractivity contribution < 1.29 is 9.59 Å². The molecule has 1 aliphatic carbocycles. The second-order valence-electron chi connectivity index (χ2n) is 5.12. The molecule has 0 bridgehead atoms. The van der Waals surface area contributed by atoms with Gasteiger partial charge in [0.25, 0.3) is 0 Å². The van der Waals surface area contributed by atoms with E-state index in [2.05, 4.69) is 15.9 Å². The van der Waals surface area contributed by atoms with Crippen molar-refractivity contribution in [3.8, 4) is 0 Å². The van der Waals surface area contributed by atoms with Gasteiger partial charge >= 0.3 is 0 Å². The lowest BCUT2D eigenvalue weighted by Crippen LogP contribution is -2.31. The van der Waals surface area contributed by atoms with Crippen molar-refractivity contribution in [2.24, 2.45) is 11.8 Å². The molecule has 3 nitrogen and oxygen atoms in total. The molecule has 0 radical (unpaired) electrons. The fourth-order valence-corrected chi connectivity index (χ4v) is 3.50. The summed E-state index contributed by atoms with van der Waals surface area (Å²) in [6.45, 7) is 1.98. The number of hydrogen-bond acceptors (Lipinski definition) is 2. The molecule has 2 amide bonds. The zero-order valence-electron chi connectivity index (χ0n) is 10.6. The van der Waals surface area contributed by atoms with Crippen LogP contribution in [0.4, 0.5) is 5.69 Å². The minimum atomic E-state index is -0.175. The number of anilines is 1. The monoisotopic (exact) mass is 319 g/mol. The van der Waals surface area contributed by atoms with Crippen molar-refractivity contribution in [2.45, 2.75) is 19.8 Å². The highest BCUT2D eigenvalue weighted by molar-refractivity contribution is 9.10. The Bertz CT molecular complexity index is 568. The normalized spacial score (nSPS) is 25.9. The largest absolute Gasteiger partial charge is 0.274 e. The number of aryl methyl sites for hydroxylation is 1. The predicted molar refractivity (Wildman–Crippen MR) is 76.7 cm³/mol. The molecule has 98 valence electrons. The summed E-state index contributed by atoms with van der Waals surface area (Å²) in [4.78, 5) is 26.2. The lowest BCUT2D eigenvalue weighted by Gasteiger charge is -2.16. The van der Waals surface area contributed by atoms with Crippen LogP contribution in [0.15, 0.2) is 34.8 Å². The van der Waals surface area contributed by atoms with Gasteiger partial charge in [0.05, 0.1) is 17.5 Å². The molecule has 1 aliphatic heterocycles. The maximum absolute atomic E-state index is 12.4. The Morgan fingerprint density at radius 3 is 2.21 bits per heavy atom. The molecule has 1 fully saturated rings. The van der Waals surface area contributed by atoms with E-state index >= 15 is 0 Å². The van der Waals surface area contributed by atoms with E-state index in [4.69, 9.17) is 0 Å². The number of imide groups is 1. The summed E-state index contributed by atoms with van der Waals surface area (Å²) >= 11 is 3.45. The zero-order valence-corrected chi connectivity index (χ0v) is 12.2. The van der Waals surface area contributed by atoms with E-state index in [-0.39, 0.29) is 23.7 Å². The summed E-state index contributed by atoms with van der Waals surface area (Å²) in [5.41, 5.74) is 1.75. The summed E-state index contributed by atoms with van der Waals surface area (Å²) in [6, 6.07) is 5.68. The molecule has 2 atom stereocenters. The first-order valence-corrected chi connectivity index (χ1v) is 7.18. The Morgan fingerprint density at radius 1 is 1.11 bits per heavy atom. The molecule has 3 rings (SSSR count). The van der Waals surface area contributed by atoms with Crippen molar-refractivity contribution >= 4 is 33.4 Å². The van der Waals surface area contributed by atoms with E-state index in [0.717, 1.165) is 10.0 Å². The Morgan fingerprint density at radius 2 is 1.68 bits per heavy atom. The highest BCUT2D eigenvalue weighted by Crippen LogP contribution is 2.40. The average Bonchev–Trinajstić information content (AvgIpc) is 2.64. The minimum Gasteiger partial charge on any atom is -0.274 e. The highest BCUT2D eigenvalue weighted by atomic mass is 79.9. The molecule has 0 aromatic heterocycles. The second-order valence-corrected chi connectivity index (χ2v) is 5.98. The van der Waals surface area contributed by atoms with Crippen LogP contribution in [-0.4, -0.2) is 11.8 Å². The number of rotatable bonds is 1. The maximum Gasteiger partial charge on any atom is 0.238 e. The number of halogens is 1. The zero-order chi connectivity index (χ0) is 13.6. The number of nitrogens with zero attached hydrogens (tertiary/aromatic N) is 1. The third-order valence-electron chi connectivity index (χ3n) is 3.85. The van der Waals surface area contributed by atoms with Gasteiger partial charge in [0, 0.05) is 4.47 Å². The molecule has 0 saturated carbocycles. The number of carbonyl (C=O) groups is 2. The molecular formula is C15H14BrNO2. The lowest BCUT2D eigenvalue weighted by atomic mass is 9.85. The number of fused-ring (bicyclic) bond motifs is 1. The van der Waals surface area contributed by atoms with Gasteiger partial charge in [-0.05, 0) is 53.4 Å². The molecule has 1 heterocycles. The minimum absolute atomic E-state index is 0.0658. The van der Waals surface area contributed by atoms with Gasteiger partial charge in [0.1, 0.15) is 0 Å². The van der Waals surface area contributed by atoms with Crippen LogP contribution in [-0.2, 0) is 9.59 Å². The highest BCUT2D eigenvalue weighted by Gasteiger charge is 2.48. The van der Waals surface area contributed by atoms with Gasteiger partial charge in [-0.25, -0.2) is 4.90 Å². The van der Waals surface area contributed by atoms with Crippen LogP contribution in [0.5, 0.6) is 0 Å². The molecule has 1 aromatic rings. The Labute approximate surface area is 120 Å². The first kappa shape index (κ1) is 12.6. The molecule has 1 aromatic carbocycles. The molecule has 1 saturated heterocycles. The van der Waals surface area contributed by atoms with Crippen LogP contribution in [0.1, 0.15) is 18.4 Å². The van der Waals surface area contributed by atoms with Gasteiger partial charge in [-0.3, -0.25) is 9.59 Å². The van der Waals surface area contributed by atoms with Crippen molar-refractivity contribution in [2.75, 3.05) is 4.90 Å². The summed E-state index contributed by atoms with van der Waals surface area (Å²) in [5, 5.41) is 0. The van der Waals surface area contributed by atoms with E-state index in [0.29, 0.717) is 18.5 Å². The molecule has 0 spiro atoms. The van der Waals surface area contributed by atoms with Crippen LogP contribution >= 0.6 is 15.9 Å². The number of benzene rings is 1. The van der Waals surface area contributed by atoms with Crippen molar-refractivity contribution in [1.29, 1.82) is 0 Å². The summed E-state index contributed by atoms with van der Waals surface area (Å²) < 4.78 is 0.792. The molecular weight excluding hydrogens is 306 g/mol. The van der Waals surface area contributed by atoms with Crippen molar-refractivity contribution in [3.63, 3.8) is 0 Å². The van der Waals surface area contributed by atoms with Crippen LogP contribution in [0.3, 0.4) is 0 Å². The van der Waals surface area contributed by atoms with Crippen LogP contribution in [0, 0.1) is 18.8 Å². The molecule has 19 heavy (non-hydrogen) atoms. The smallest absolute Gasteiger partial charge is 0.238 e. The fraction of sp³-hybridized carbons (Fsp3) is 0.333. The number of amides is 2. The van der Waals surface area contributed by atoms with E-state index in [9.17, 15) is 9.59 Å². The standard InChI is InChI=1S/C15H14BrNO2/c1-9-6-7-13(12(16)8-9)17-14(18)10-4-2-3-5-11(10)15(17)19/h2-3,6-8,10-11H,4-5H2,1H3/t10-,11-/m1/s1. The molecule has 0 unspecified atom stereocenters. The SMILES string of the molecule is Cc1ccc(N2C(=O)[C@@H]3CC=CC[C@H]3C2=O)c(Br)c1. The Kier molecular flexibility index (Phi) is 3.05. The topological polar surface area (TPSA) is 37.4 Å². The van der Waals surface area contributed by atoms with E-state index in [1.54, 1.807) is 0 Å². The Hall–Kier alpha value is -1.42. The van der Waals surface area contributed by atoms with E-state index in [1.165, 1.54) is 4.90 Å². The molecule has 4 heteroatoms. The maximum atomic E-state index is 12.4. The number of carbonyl (C=O) groups excluding carboxylic acids is 2. The van der Waals surface area contributed by atoms with Gasteiger partial charge in [0.15, 0.2) is 0 Å². The molecule has 0 N–H and O–H groups in total. The quantitative estimate of drug-likeness (QED) is 0.588. The summed E-state index contributed by atoms with van der Waals surface area (Å²) in [6.07, 6.45) is 5.35. The van der Waals surface area contributed by atoms with E-state index < -0.39 is 0 Å². The number of hydrogen-bond donors (Lipinski definition) is 0. The third kappa shape index (κ3) is 1.94. The lowest BCUT2D eigenvalue weighted by molar-refractivity contribution is -0.122. The predicted octanol–water partition coefficient (Wildman–Crippen LogP) is 3.21. The van der Waals surface area contributed by atoms with Crippen LogP contribution in [0.2, 0.25) is 0 Å². The van der Waals surface area contributed by atoms with Crippen LogP contribution in [0.25, 0.3) is 0 Å². The van der Waals surface area contributed by atoms with Gasteiger partial charge < -0.3 is 0 Å². The van der Waals surface area contributed by atoms with Gasteiger partial charge in [-0.2, -0.15) is 0 Å². The fourth-order valence-electron chi connectivity index (χ4n) is 2.83. The van der Waals surface area contributed by atoms with Gasteiger partial charge in [-0.15, -0.1) is 0 Å². The van der Waals surface area contributed by atoms with Gasteiger partial charge in [-0.1, -0.05) is 18.2 Å². The molecule has 2 aliphatic rings. The Balaban J connectivity index is 2.02. The van der Waals surface area contributed by atoms with Gasteiger partial charge in [0.2, 0.25) is 11.8 Å². The van der Waals surface area contributed by atoms with Crippen LogP contribution < -0.4 is 4.90 Å². The third-order valence-corrected chi connectivity index (χ3v) is 4.49. The van der Waals surface area contributed by atoms with Crippen molar-refractivity contribution in [1.82, 2.24) is 0 Å². The first-order chi connectivity index (χ1) is 9.09. The number of allylic oxidation sites excluding steroid dienone is 2.